The van der Waals surface area contributed by atoms with Crippen LogP contribution in [-0.4, -0.2) is 60.1 Å². The van der Waals surface area contributed by atoms with Gasteiger partial charge in [-0.15, -0.1) is 0 Å². The Morgan fingerprint density at radius 2 is 1.08 bits per heavy atom. The maximum absolute atomic E-state index is 5.40. The quantitative estimate of drug-likeness (QED) is 0.310. The van der Waals surface area contributed by atoms with Gasteiger partial charge in [0, 0.05) is 39.5 Å². The molecule has 0 saturated heterocycles. The third-order valence-corrected chi connectivity index (χ3v) is 8.15. The van der Waals surface area contributed by atoms with Crippen LogP contribution in [0.2, 0.25) is 11.1 Å². The van der Waals surface area contributed by atoms with Crippen molar-refractivity contribution >= 4 is 18.6 Å². The number of unbranched alkanes of at least 4 members (excludes halogenated alkanes) is 4. The van der Waals surface area contributed by atoms with Gasteiger partial charge in [-0.2, -0.15) is 0 Å². The Bertz CT molecular complexity index is 241. The highest BCUT2D eigenvalue weighted by molar-refractivity contribution is 6.46. The minimum atomic E-state index is -1.08. The first-order chi connectivity index (χ1) is 11.6. The van der Waals surface area contributed by atoms with Crippen LogP contribution in [0, 0.1) is 0 Å². The molecule has 2 radical (unpaired) electrons. The standard InChI is InChI=1S/C17H39NO4Si2/c1-16(23(19-3)20-4)12-10-8-7-9-11-14-18-15-13-17(2)24(21-5)22-6/h16-18H,7-15H2,1-6H3. The summed E-state index contributed by atoms with van der Waals surface area (Å²) in [6.45, 7) is 6.62. The molecule has 7 heteroatoms. The molecule has 144 valence electrons. The van der Waals surface area contributed by atoms with Gasteiger partial charge in [-0.3, -0.25) is 0 Å². The van der Waals surface area contributed by atoms with Crippen molar-refractivity contribution in [3.05, 3.63) is 0 Å². The lowest BCUT2D eigenvalue weighted by atomic mass is 10.1. The predicted octanol–water partition coefficient (Wildman–Crippen LogP) is 3.65. The molecule has 2 unspecified atom stereocenters. The first-order valence-electron chi connectivity index (χ1n) is 9.21. The smallest absolute Gasteiger partial charge is 0.387 e. The zero-order chi connectivity index (χ0) is 18.2. The molecule has 0 aromatic rings. The molecule has 0 aromatic carbocycles. The van der Waals surface area contributed by atoms with Crippen molar-refractivity contribution in [1.82, 2.24) is 5.32 Å². The van der Waals surface area contributed by atoms with Gasteiger partial charge in [-0.25, -0.2) is 0 Å². The molecule has 0 aromatic heterocycles. The second-order valence-corrected chi connectivity index (χ2v) is 11.2. The SMILES string of the molecule is CO[Si](OC)C(C)CCCCCCCNCCC(C)[Si](OC)OC. The van der Waals surface area contributed by atoms with E-state index in [1.54, 1.807) is 28.4 Å². The number of hydrogen-bond donors (Lipinski definition) is 1. The molecule has 0 bridgehead atoms. The summed E-state index contributed by atoms with van der Waals surface area (Å²) in [4.78, 5) is 0. The Labute approximate surface area is 153 Å². The molecular weight excluding hydrogens is 338 g/mol. The van der Waals surface area contributed by atoms with E-state index in [1.165, 1.54) is 38.5 Å². The molecule has 0 aliphatic heterocycles. The second kappa shape index (κ2) is 16.7. The highest BCUT2D eigenvalue weighted by Gasteiger charge is 2.21. The normalized spacial score (nSPS) is 14.5. The average molecular weight is 378 g/mol. The van der Waals surface area contributed by atoms with E-state index in [2.05, 4.69) is 19.2 Å². The summed E-state index contributed by atoms with van der Waals surface area (Å²) in [7, 11) is 4.87. The summed E-state index contributed by atoms with van der Waals surface area (Å²) in [5.41, 5.74) is 1.09. The lowest BCUT2D eigenvalue weighted by molar-refractivity contribution is 0.264. The fourth-order valence-corrected chi connectivity index (χ4v) is 5.64. The van der Waals surface area contributed by atoms with E-state index in [0.717, 1.165) is 19.5 Å². The lowest BCUT2D eigenvalue weighted by Gasteiger charge is -2.17. The molecule has 0 heterocycles. The van der Waals surface area contributed by atoms with Crippen LogP contribution in [0.25, 0.3) is 0 Å². The zero-order valence-corrected chi connectivity index (χ0v) is 18.7. The van der Waals surface area contributed by atoms with Gasteiger partial charge in [0.15, 0.2) is 0 Å². The minimum Gasteiger partial charge on any atom is -0.397 e. The molecule has 24 heavy (non-hydrogen) atoms. The molecule has 0 rings (SSSR count). The molecule has 1 N–H and O–H groups in total. The Kier molecular flexibility index (Phi) is 16.9. The van der Waals surface area contributed by atoms with Crippen molar-refractivity contribution in [2.45, 2.75) is 69.9 Å². The van der Waals surface area contributed by atoms with E-state index >= 15 is 0 Å². The number of rotatable bonds is 17. The van der Waals surface area contributed by atoms with Crippen LogP contribution in [0.3, 0.4) is 0 Å². The predicted molar refractivity (Wildman–Crippen MR) is 104 cm³/mol. The van der Waals surface area contributed by atoms with Crippen molar-refractivity contribution < 1.29 is 17.7 Å². The molecule has 0 spiro atoms. The van der Waals surface area contributed by atoms with Crippen LogP contribution in [0.15, 0.2) is 0 Å². The third-order valence-electron chi connectivity index (χ3n) is 4.35. The van der Waals surface area contributed by atoms with Gasteiger partial charge >= 0.3 is 18.6 Å². The maximum atomic E-state index is 5.40. The third kappa shape index (κ3) is 11.7. The van der Waals surface area contributed by atoms with Gasteiger partial charge in [0.25, 0.3) is 0 Å². The van der Waals surface area contributed by atoms with Crippen molar-refractivity contribution in [3.8, 4) is 0 Å². The lowest BCUT2D eigenvalue weighted by Crippen LogP contribution is -2.27. The average Bonchev–Trinajstić information content (AvgIpc) is 2.58. The maximum Gasteiger partial charge on any atom is 0.387 e. The fraction of sp³-hybridized carbons (Fsp3) is 1.00. The van der Waals surface area contributed by atoms with Gasteiger partial charge in [0.05, 0.1) is 0 Å². The molecule has 0 amide bonds. The van der Waals surface area contributed by atoms with Crippen molar-refractivity contribution in [2.75, 3.05) is 41.5 Å². The summed E-state index contributed by atoms with van der Waals surface area (Å²) >= 11 is 0. The number of hydrogen-bond acceptors (Lipinski definition) is 5. The monoisotopic (exact) mass is 377 g/mol. The summed E-state index contributed by atoms with van der Waals surface area (Å²) in [6, 6.07) is 0. The fourth-order valence-electron chi connectivity index (χ4n) is 2.88. The van der Waals surface area contributed by atoms with Crippen LogP contribution < -0.4 is 5.32 Å². The summed E-state index contributed by atoms with van der Waals surface area (Å²) < 4.78 is 21.6. The Morgan fingerprint density at radius 1 is 0.625 bits per heavy atom. The Hall–Kier alpha value is 0.234. The Morgan fingerprint density at radius 3 is 1.62 bits per heavy atom. The van der Waals surface area contributed by atoms with Crippen LogP contribution >= 0.6 is 0 Å². The van der Waals surface area contributed by atoms with E-state index in [4.69, 9.17) is 17.7 Å². The first kappa shape index (κ1) is 24.2. The molecule has 0 fully saturated rings. The minimum absolute atomic E-state index is 0.519. The summed E-state index contributed by atoms with van der Waals surface area (Å²) in [6.07, 6.45) is 8.85. The highest BCUT2D eigenvalue weighted by atomic mass is 28.3. The molecular formula is C17H39NO4Si2. The van der Waals surface area contributed by atoms with Crippen LogP contribution in [0.4, 0.5) is 0 Å². The van der Waals surface area contributed by atoms with Gasteiger partial charge in [-0.1, -0.05) is 39.5 Å². The molecule has 2 atom stereocenters. The van der Waals surface area contributed by atoms with Crippen LogP contribution in [0.5, 0.6) is 0 Å². The van der Waals surface area contributed by atoms with E-state index in [9.17, 15) is 0 Å². The van der Waals surface area contributed by atoms with Gasteiger partial charge in [-0.05, 0) is 32.4 Å². The second-order valence-electron chi connectivity index (χ2n) is 6.35. The topological polar surface area (TPSA) is 49.0 Å². The summed E-state index contributed by atoms with van der Waals surface area (Å²) in [5.74, 6) is 0. The molecule has 0 aliphatic rings. The summed E-state index contributed by atoms with van der Waals surface area (Å²) in [5, 5.41) is 3.53. The van der Waals surface area contributed by atoms with E-state index in [-0.39, 0.29) is 0 Å². The van der Waals surface area contributed by atoms with Crippen LogP contribution in [0.1, 0.15) is 58.8 Å². The van der Waals surface area contributed by atoms with E-state index in [1.807, 2.05) is 0 Å². The van der Waals surface area contributed by atoms with Crippen molar-refractivity contribution in [1.29, 1.82) is 0 Å². The highest BCUT2D eigenvalue weighted by Crippen LogP contribution is 2.19. The van der Waals surface area contributed by atoms with Crippen molar-refractivity contribution in [2.24, 2.45) is 0 Å². The largest absolute Gasteiger partial charge is 0.397 e. The van der Waals surface area contributed by atoms with Gasteiger partial charge in [0.2, 0.25) is 0 Å². The number of nitrogens with one attached hydrogen (secondary N) is 1. The molecule has 0 saturated carbocycles. The van der Waals surface area contributed by atoms with Crippen LogP contribution in [-0.2, 0) is 17.7 Å². The van der Waals surface area contributed by atoms with E-state index < -0.39 is 18.6 Å². The molecule has 0 aliphatic carbocycles. The Balaban J connectivity index is 3.40. The van der Waals surface area contributed by atoms with Gasteiger partial charge < -0.3 is 23.0 Å². The van der Waals surface area contributed by atoms with Gasteiger partial charge in [0.1, 0.15) is 0 Å². The zero-order valence-electron chi connectivity index (χ0n) is 16.7. The van der Waals surface area contributed by atoms with E-state index in [0.29, 0.717) is 11.1 Å². The van der Waals surface area contributed by atoms with Crippen molar-refractivity contribution in [3.63, 3.8) is 0 Å². The molecule has 5 nitrogen and oxygen atoms in total. The first-order valence-corrected chi connectivity index (χ1v) is 12.0.